The van der Waals surface area contributed by atoms with Crippen LogP contribution in [0.3, 0.4) is 0 Å². The minimum Gasteiger partial charge on any atom is -0.394 e. The van der Waals surface area contributed by atoms with E-state index in [0.717, 1.165) is 13.0 Å². The molecule has 0 radical (unpaired) electrons. The molecule has 0 spiro atoms. The molecule has 64 valence electrons. The largest absolute Gasteiger partial charge is 0.394 e. The molecule has 4 heteroatoms. The fourth-order valence-electron chi connectivity index (χ4n) is 1.14. The topological polar surface area (TPSA) is 43.8 Å². The summed E-state index contributed by atoms with van der Waals surface area (Å²) in [5.41, 5.74) is 0. The summed E-state index contributed by atoms with van der Waals surface area (Å²) in [4.78, 5) is 14.4. The van der Waals surface area contributed by atoms with Crippen molar-refractivity contribution >= 4 is 6.03 Å². The molecule has 0 saturated carbocycles. The van der Waals surface area contributed by atoms with Gasteiger partial charge in [-0.3, -0.25) is 0 Å². The summed E-state index contributed by atoms with van der Waals surface area (Å²) in [5, 5.41) is 8.77. The Balaban J connectivity index is 2.42. The minimum absolute atomic E-state index is 0.00435. The molecule has 1 heterocycles. The number of urea groups is 1. The van der Waals surface area contributed by atoms with Crippen LogP contribution in [0.2, 0.25) is 0 Å². The van der Waals surface area contributed by atoms with E-state index in [1.54, 1.807) is 19.0 Å². The molecular formula is C7H14N2O2. The van der Waals surface area contributed by atoms with E-state index in [0.29, 0.717) is 0 Å². The molecule has 1 aliphatic rings. The summed E-state index contributed by atoms with van der Waals surface area (Å²) in [6, 6.07) is 0.0557. The van der Waals surface area contributed by atoms with Crippen molar-refractivity contribution in [2.45, 2.75) is 12.5 Å². The lowest BCUT2D eigenvalue weighted by Crippen LogP contribution is -2.55. The molecule has 1 aliphatic heterocycles. The first kappa shape index (κ1) is 8.33. The molecule has 1 unspecified atom stereocenters. The van der Waals surface area contributed by atoms with Crippen molar-refractivity contribution in [3.63, 3.8) is 0 Å². The fourth-order valence-corrected chi connectivity index (χ4v) is 1.14. The maximum Gasteiger partial charge on any atom is 0.319 e. The zero-order valence-electron chi connectivity index (χ0n) is 6.95. The Morgan fingerprint density at radius 2 is 2.36 bits per heavy atom. The van der Waals surface area contributed by atoms with Gasteiger partial charge in [-0.2, -0.15) is 0 Å². The second kappa shape index (κ2) is 3.09. The van der Waals surface area contributed by atoms with Crippen molar-refractivity contribution in [1.82, 2.24) is 9.80 Å². The van der Waals surface area contributed by atoms with Crippen LogP contribution in [-0.2, 0) is 0 Å². The number of hydrogen-bond donors (Lipinski definition) is 1. The van der Waals surface area contributed by atoms with Gasteiger partial charge in [0, 0.05) is 20.6 Å². The van der Waals surface area contributed by atoms with Crippen LogP contribution in [0.1, 0.15) is 6.42 Å². The third-order valence-electron chi connectivity index (χ3n) is 1.98. The third kappa shape index (κ3) is 1.45. The zero-order valence-corrected chi connectivity index (χ0v) is 6.95. The van der Waals surface area contributed by atoms with Crippen LogP contribution in [0.25, 0.3) is 0 Å². The Bertz CT molecular complexity index is 157. The van der Waals surface area contributed by atoms with Crippen molar-refractivity contribution in [3.8, 4) is 0 Å². The van der Waals surface area contributed by atoms with Crippen LogP contribution in [0.5, 0.6) is 0 Å². The van der Waals surface area contributed by atoms with Crippen LogP contribution >= 0.6 is 0 Å². The molecule has 0 bridgehead atoms. The number of carbonyl (C=O) groups excluding carboxylic acids is 1. The van der Waals surface area contributed by atoms with Crippen LogP contribution in [0.4, 0.5) is 4.79 Å². The van der Waals surface area contributed by atoms with Crippen molar-refractivity contribution in [1.29, 1.82) is 0 Å². The number of carbonyl (C=O) groups is 1. The molecule has 1 saturated heterocycles. The van der Waals surface area contributed by atoms with Gasteiger partial charge in [0.2, 0.25) is 0 Å². The third-order valence-corrected chi connectivity index (χ3v) is 1.98. The molecule has 0 aromatic heterocycles. The molecule has 0 aromatic carbocycles. The average molecular weight is 158 g/mol. The summed E-state index contributed by atoms with van der Waals surface area (Å²) in [6.45, 7) is 0.863. The standard InChI is InChI=1S/C7H14N2O2/c1-8(2)7(11)9-4-3-6(9)5-10/h6,10H,3-5H2,1-2H3. The molecule has 0 aliphatic carbocycles. The molecule has 0 aromatic rings. The van der Waals surface area contributed by atoms with Gasteiger partial charge in [0.25, 0.3) is 0 Å². The lowest BCUT2D eigenvalue weighted by molar-refractivity contribution is 0.0578. The van der Waals surface area contributed by atoms with Crippen LogP contribution in [0, 0.1) is 0 Å². The van der Waals surface area contributed by atoms with E-state index in [2.05, 4.69) is 0 Å². The van der Waals surface area contributed by atoms with E-state index in [1.165, 1.54) is 4.90 Å². The van der Waals surface area contributed by atoms with Crippen molar-refractivity contribution in [2.24, 2.45) is 0 Å². The minimum atomic E-state index is -0.00435. The molecule has 4 nitrogen and oxygen atoms in total. The Hall–Kier alpha value is -0.770. The summed E-state index contributed by atoms with van der Waals surface area (Å²) >= 11 is 0. The highest BCUT2D eigenvalue weighted by atomic mass is 16.3. The van der Waals surface area contributed by atoms with Gasteiger partial charge in [0.1, 0.15) is 0 Å². The highest BCUT2D eigenvalue weighted by Crippen LogP contribution is 2.17. The maximum absolute atomic E-state index is 11.2. The Morgan fingerprint density at radius 1 is 1.73 bits per heavy atom. The predicted octanol–water partition coefficient (Wildman–Crippen LogP) is -0.265. The lowest BCUT2D eigenvalue weighted by atomic mass is 10.1. The van der Waals surface area contributed by atoms with Gasteiger partial charge in [-0.1, -0.05) is 0 Å². The predicted molar refractivity (Wildman–Crippen MR) is 41.3 cm³/mol. The number of aliphatic hydroxyl groups excluding tert-OH is 1. The van der Waals surface area contributed by atoms with Crippen LogP contribution in [0.15, 0.2) is 0 Å². The Morgan fingerprint density at radius 3 is 2.64 bits per heavy atom. The van der Waals surface area contributed by atoms with E-state index in [-0.39, 0.29) is 18.7 Å². The number of likely N-dealkylation sites (tertiary alicyclic amines) is 1. The number of rotatable bonds is 1. The van der Waals surface area contributed by atoms with E-state index >= 15 is 0 Å². The van der Waals surface area contributed by atoms with E-state index in [4.69, 9.17) is 5.11 Å². The highest BCUT2D eigenvalue weighted by Gasteiger charge is 2.32. The molecule has 11 heavy (non-hydrogen) atoms. The Labute approximate surface area is 66.4 Å². The van der Waals surface area contributed by atoms with Crippen molar-refractivity contribution in [3.05, 3.63) is 0 Å². The maximum atomic E-state index is 11.2. The van der Waals surface area contributed by atoms with E-state index in [9.17, 15) is 4.79 Å². The van der Waals surface area contributed by atoms with Crippen molar-refractivity contribution < 1.29 is 9.90 Å². The first-order chi connectivity index (χ1) is 5.16. The summed E-state index contributed by atoms with van der Waals surface area (Å²) in [5.74, 6) is 0. The molecular weight excluding hydrogens is 144 g/mol. The monoisotopic (exact) mass is 158 g/mol. The van der Waals surface area contributed by atoms with Gasteiger partial charge >= 0.3 is 6.03 Å². The van der Waals surface area contributed by atoms with Gasteiger partial charge in [-0.05, 0) is 6.42 Å². The molecule has 1 rings (SSSR count). The summed E-state index contributed by atoms with van der Waals surface area (Å²) in [6.07, 6.45) is 0.927. The van der Waals surface area contributed by atoms with Crippen LogP contribution in [-0.4, -0.2) is 54.2 Å². The van der Waals surface area contributed by atoms with Gasteiger partial charge in [-0.15, -0.1) is 0 Å². The van der Waals surface area contributed by atoms with Crippen LogP contribution < -0.4 is 0 Å². The normalized spacial score (nSPS) is 22.8. The van der Waals surface area contributed by atoms with E-state index < -0.39 is 0 Å². The van der Waals surface area contributed by atoms with E-state index in [1.807, 2.05) is 0 Å². The average Bonchev–Trinajstić information content (AvgIpc) is 1.86. The SMILES string of the molecule is CN(C)C(=O)N1CCC1CO. The number of aliphatic hydroxyl groups is 1. The van der Waals surface area contributed by atoms with Gasteiger partial charge in [0.15, 0.2) is 0 Å². The second-order valence-electron chi connectivity index (χ2n) is 3.00. The number of nitrogens with zero attached hydrogens (tertiary/aromatic N) is 2. The number of amides is 2. The van der Waals surface area contributed by atoms with Gasteiger partial charge in [-0.25, -0.2) is 4.79 Å². The quantitative estimate of drug-likeness (QED) is 0.571. The first-order valence-electron chi connectivity index (χ1n) is 3.75. The van der Waals surface area contributed by atoms with Crippen molar-refractivity contribution in [2.75, 3.05) is 27.2 Å². The smallest absolute Gasteiger partial charge is 0.319 e. The number of hydrogen-bond acceptors (Lipinski definition) is 2. The molecule has 2 amide bonds. The van der Waals surface area contributed by atoms with Gasteiger partial charge in [0.05, 0.1) is 12.6 Å². The molecule has 1 N–H and O–H groups in total. The Kier molecular flexibility index (Phi) is 2.34. The fraction of sp³-hybridized carbons (Fsp3) is 0.857. The van der Waals surface area contributed by atoms with Gasteiger partial charge < -0.3 is 14.9 Å². The summed E-state index contributed by atoms with van der Waals surface area (Å²) in [7, 11) is 3.43. The lowest BCUT2D eigenvalue weighted by Gasteiger charge is -2.41. The molecule has 1 fully saturated rings. The molecule has 1 atom stereocenters. The zero-order chi connectivity index (χ0) is 8.43. The highest BCUT2D eigenvalue weighted by molar-refractivity contribution is 5.75. The first-order valence-corrected chi connectivity index (χ1v) is 3.75. The second-order valence-corrected chi connectivity index (χ2v) is 3.00. The summed E-state index contributed by atoms with van der Waals surface area (Å²) < 4.78 is 0.